The molecule has 3 rings (SSSR count). The molecule has 0 bridgehead atoms. The molecule has 21 heavy (non-hydrogen) atoms. The lowest BCUT2D eigenvalue weighted by molar-refractivity contribution is -0.119. The minimum absolute atomic E-state index is 0.0280. The monoisotopic (exact) mass is 282 g/mol. The quantitative estimate of drug-likeness (QED) is 0.888. The van der Waals surface area contributed by atoms with Crippen molar-refractivity contribution in [1.82, 2.24) is 5.32 Å². The maximum absolute atomic E-state index is 12.8. The molecule has 0 saturated heterocycles. The molecule has 2 N–H and O–H groups in total. The van der Waals surface area contributed by atoms with E-state index in [1.807, 2.05) is 24.3 Å². The Labute approximate surface area is 124 Å². The summed E-state index contributed by atoms with van der Waals surface area (Å²) in [5.41, 5.74) is 2.96. The minimum atomic E-state index is -0.192. The Morgan fingerprint density at radius 1 is 1.24 bits per heavy atom. The zero-order valence-electron chi connectivity index (χ0n) is 11.9. The first kappa shape index (κ1) is 13.6. The molecular formula is C17H18N2O2. The average Bonchev–Trinajstić information content (AvgIpc) is 2.53. The van der Waals surface area contributed by atoms with Gasteiger partial charge in [0.25, 0.3) is 0 Å². The number of fused-ring (bicyclic) bond motifs is 1. The lowest BCUT2D eigenvalue weighted by Gasteiger charge is -2.29. The van der Waals surface area contributed by atoms with Gasteiger partial charge in [-0.1, -0.05) is 30.3 Å². The van der Waals surface area contributed by atoms with Gasteiger partial charge in [-0.15, -0.1) is 0 Å². The highest BCUT2D eigenvalue weighted by Gasteiger charge is 2.28. The molecule has 2 aromatic rings. The first-order valence-corrected chi connectivity index (χ1v) is 7.02. The molecule has 0 aromatic heterocycles. The normalized spacial score (nSPS) is 17.1. The van der Waals surface area contributed by atoms with Crippen LogP contribution >= 0.6 is 0 Å². The highest BCUT2D eigenvalue weighted by molar-refractivity contribution is 5.98. The van der Waals surface area contributed by atoms with E-state index in [1.165, 1.54) is 5.56 Å². The molecule has 0 aliphatic carbocycles. The molecule has 0 saturated carbocycles. The van der Waals surface area contributed by atoms with Gasteiger partial charge < -0.3 is 15.3 Å². The number of phenolic OH excluding ortho intramolecular Hbond substituents is 1. The molecule has 1 aliphatic rings. The number of rotatable bonds is 2. The number of hydrogen-bond donors (Lipinski definition) is 2. The second kappa shape index (κ2) is 5.58. The average molecular weight is 282 g/mol. The summed E-state index contributed by atoms with van der Waals surface area (Å²) in [5.74, 6) is -0.00290. The van der Waals surface area contributed by atoms with Crippen molar-refractivity contribution in [3.63, 3.8) is 0 Å². The fourth-order valence-corrected chi connectivity index (χ4v) is 2.78. The molecule has 1 atom stereocenters. The number of hydrogen-bond acceptors (Lipinski definition) is 3. The number of carbonyl (C=O) groups excluding carboxylic acids is 1. The summed E-state index contributed by atoms with van der Waals surface area (Å²) in [6, 6.07) is 14.8. The van der Waals surface area contributed by atoms with Crippen LogP contribution in [0.1, 0.15) is 17.0 Å². The van der Waals surface area contributed by atoms with E-state index < -0.39 is 0 Å². The third-order valence-electron chi connectivity index (χ3n) is 3.94. The molecule has 0 fully saturated rings. The SMILES string of the molecule is CN(C(=O)C1CNCc2ccccc21)c1cccc(O)c1. The molecule has 0 radical (unpaired) electrons. The first-order chi connectivity index (χ1) is 10.2. The van der Waals surface area contributed by atoms with Gasteiger partial charge in [-0.25, -0.2) is 0 Å². The summed E-state index contributed by atoms with van der Waals surface area (Å²) in [4.78, 5) is 14.4. The maximum Gasteiger partial charge on any atom is 0.235 e. The fourth-order valence-electron chi connectivity index (χ4n) is 2.78. The number of carbonyl (C=O) groups is 1. The van der Waals surface area contributed by atoms with Crippen LogP contribution in [0.4, 0.5) is 5.69 Å². The van der Waals surface area contributed by atoms with Crippen molar-refractivity contribution in [2.75, 3.05) is 18.5 Å². The summed E-state index contributed by atoms with van der Waals surface area (Å²) in [7, 11) is 1.74. The number of anilines is 1. The molecule has 4 heteroatoms. The van der Waals surface area contributed by atoms with Crippen molar-refractivity contribution in [2.24, 2.45) is 0 Å². The van der Waals surface area contributed by atoms with Gasteiger partial charge in [0.1, 0.15) is 5.75 Å². The van der Waals surface area contributed by atoms with Crippen LogP contribution in [0.5, 0.6) is 5.75 Å². The zero-order chi connectivity index (χ0) is 14.8. The van der Waals surface area contributed by atoms with Crippen molar-refractivity contribution in [1.29, 1.82) is 0 Å². The van der Waals surface area contributed by atoms with E-state index in [4.69, 9.17) is 0 Å². The highest BCUT2D eigenvalue weighted by Crippen LogP contribution is 2.28. The summed E-state index contributed by atoms with van der Waals surface area (Å²) in [6.07, 6.45) is 0. The standard InChI is InChI=1S/C17H18N2O2/c1-19(13-6-4-7-14(20)9-13)17(21)16-11-18-10-12-5-2-3-8-15(12)16/h2-9,16,18,20H,10-11H2,1H3. The van der Waals surface area contributed by atoms with Gasteiger partial charge in [0.2, 0.25) is 5.91 Å². The Balaban J connectivity index is 1.89. The van der Waals surface area contributed by atoms with Gasteiger partial charge in [0, 0.05) is 31.9 Å². The van der Waals surface area contributed by atoms with Gasteiger partial charge in [0.05, 0.1) is 5.92 Å². The molecule has 1 unspecified atom stereocenters. The second-order valence-corrected chi connectivity index (χ2v) is 5.30. The number of benzene rings is 2. The summed E-state index contributed by atoms with van der Waals surface area (Å²) >= 11 is 0. The van der Waals surface area contributed by atoms with Crippen LogP contribution in [0, 0.1) is 0 Å². The van der Waals surface area contributed by atoms with Crippen molar-refractivity contribution in [3.05, 3.63) is 59.7 Å². The van der Waals surface area contributed by atoms with Crippen molar-refractivity contribution in [2.45, 2.75) is 12.5 Å². The number of aromatic hydroxyl groups is 1. The first-order valence-electron chi connectivity index (χ1n) is 7.02. The van der Waals surface area contributed by atoms with Gasteiger partial charge in [0.15, 0.2) is 0 Å². The molecule has 4 nitrogen and oxygen atoms in total. The van der Waals surface area contributed by atoms with Crippen molar-refractivity contribution in [3.8, 4) is 5.75 Å². The third kappa shape index (κ3) is 2.62. The van der Waals surface area contributed by atoms with Crippen molar-refractivity contribution >= 4 is 11.6 Å². The van der Waals surface area contributed by atoms with Crippen molar-refractivity contribution < 1.29 is 9.90 Å². The smallest absolute Gasteiger partial charge is 0.235 e. The maximum atomic E-state index is 12.8. The Morgan fingerprint density at radius 3 is 2.86 bits per heavy atom. The number of nitrogens with one attached hydrogen (secondary N) is 1. The van der Waals surface area contributed by atoms with Crippen LogP contribution in [-0.2, 0) is 11.3 Å². The predicted octanol–water partition coefficient (Wildman–Crippen LogP) is 2.24. The van der Waals surface area contributed by atoms with Gasteiger partial charge in [-0.3, -0.25) is 4.79 Å². The Kier molecular flexibility index (Phi) is 3.62. The van der Waals surface area contributed by atoms with Crippen LogP contribution in [0.15, 0.2) is 48.5 Å². The summed E-state index contributed by atoms with van der Waals surface area (Å²) in [5, 5.41) is 12.9. The van der Waals surface area contributed by atoms with E-state index in [1.54, 1.807) is 30.1 Å². The van der Waals surface area contributed by atoms with Crippen LogP contribution < -0.4 is 10.2 Å². The van der Waals surface area contributed by atoms with Crippen LogP contribution in [0.25, 0.3) is 0 Å². The molecular weight excluding hydrogens is 264 g/mol. The second-order valence-electron chi connectivity index (χ2n) is 5.30. The van der Waals surface area contributed by atoms with Gasteiger partial charge >= 0.3 is 0 Å². The van der Waals surface area contributed by atoms with E-state index in [0.29, 0.717) is 12.2 Å². The van der Waals surface area contributed by atoms with Gasteiger partial charge in [-0.05, 0) is 23.3 Å². The van der Waals surface area contributed by atoms with E-state index in [2.05, 4.69) is 11.4 Å². The van der Waals surface area contributed by atoms with E-state index in [-0.39, 0.29) is 17.6 Å². The van der Waals surface area contributed by atoms with E-state index >= 15 is 0 Å². The van der Waals surface area contributed by atoms with Crippen LogP contribution in [0.2, 0.25) is 0 Å². The van der Waals surface area contributed by atoms with Crippen LogP contribution in [-0.4, -0.2) is 24.6 Å². The Hall–Kier alpha value is -2.33. The lowest BCUT2D eigenvalue weighted by atomic mass is 9.90. The molecule has 1 heterocycles. The number of amides is 1. The molecule has 0 spiro atoms. The van der Waals surface area contributed by atoms with Crippen LogP contribution in [0.3, 0.4) is 0 Å². The van der Waals surface area contributed by atoms with E-state index in [0.717, 1.165) is 12.1 Å². The number of likely N-dealkylation sites (N-methyl/N-ethyl adjacent to an activating group) is 1. The molecule has 2 aromatic carbocycles. The van der Waals surface area contributed by atoms with E-state index in [9.17, 15) is 9.90 Å². The zero-order valence-corrected chi connectivity index (χ0v) is 11.9. The minimum Gasteiger partial charge on any atom is -0.508 e. The molecule has 1 aliphatic heterocycles. The number of nitrogens with zero attached hydrogens (tertiary/aromatic N) is 1. The van der Waals surface area contributed by atoms with Gasteiger partial charge in [-0.2, -0.15) is 0 Å². The molecule has 108 valence electrons. The predicted molar refractivity (Wildman–Crippen MR) is 82.4 cm³/mol. The fraction of sp³-hybridized carbons (Fsp3) is 0.235. The topological polar surface area (TPSA) is 52.6 Å². The summed E-state index contributed by atoms with van der Waals surface area (Å²) < 4.78 is 0. The lowest BCUT2D eigenvalue weighted by Crippen LogP contribution is -2.39. The Morgan fingerprint density at radius 2 is 2.05 bits per heavy atom. The molecule has 1 amide bonds. The number of phenols is 1. The Bertz CT molecular complexity index is 669. The largest absolute Gasteiger partial charge is 0.508 e. The highest BCUT2D eigenvalue weighted by atomic mass is 16.3. The third-order valence-corrected chi connectivity index (χ3v) is 3.94. The summed E-state index contributed by atoms with van der Waals surface area (Å²) in [6.45, 7) is 1.44.